The Morgan fingerprint density at radius 3 is 1.38 bits per heavy atom. The molecule has 0 saturated carbocycles. The molecule has 0 saturated heterocycles. The summed E-state index contributed by atoms with van der Waals surface area (Å²) >= 11 is 0. The van der Waals surface area contributed by atoms with Crippen molar-refractivity contribution < 1.29 is 37.5 Å². The van der Waals surface area contributed by atoms with Gasteiger partial charge in [0.1, 0.15) is 6.61 Å². The predicted octanol–water partition coefficient (Wildman–Crippen LogP) is 9.75. The van der Waals surface area contributed by atoms with Crippen molar-refractivity contribution in [1.82, 2.24) is 0 Å². The molecule has 9 heteroatoms. The van der Waals surface area contributed by atoms with Gasteiger partial charge in [-0.2, -0.15) is 0 Å². The maximum atomic E-state index is 12.6. The van der Waals surface area contributed by atoms with Gasteiger partial charge >= 0.3 is 19.5 Å². The fourth-order valence-corrected chi connectivity index (χ4v) is 6.56. The summed E-state index contributed by atoms with van der Waals surface area (Å²) in [6.07, 6.45) is 26.1. The Balaban J connectivity index is 4.40. The van der Waals surface area contributed by atoms with Crippen LogP contribution in [0.5, 0.6) is 0 Å². The minimum absolute atomic E-state index is 0.00541. The van der Waals surface area contributed by atoms with Crippen molar-refractivity contribution >= 4 is 19.5 Å². The lowest BCUT2D eigenvalue weighted by atomic mass is 10.1. The molecule has 0 amide bonds. The van der Waals surface area contributed by atoms with E-state index in [0.29, 0.717) is 17.4 Å². The second-order valence-corrected chi connectivity index (χ2v) is 16.0. The predicted molar refractivity (Wildman–Crippen MR) is 187 cm³/mol. The van der Waals surface area contributed by atoms with Crippen LogP contribution in [0.15, 0.2) is 0 Å². The van der Waals surface area contributed by atoms with Crippen LogP contribution in [-0.4, -0.2) is 74.5 Å². The van der Waals surface area contributed by atoms with E-state index in [-0.39, 0.29) is 37.7 Å². The van der Waals surface area contributed by atoms with Crippen molar-refractivity contribution in [2.75, 3.05) is 47.1 Å². The van der Waals surface area contributed by atoms with Crippen molar-refractivity contribution in [3.05, 3.63) is 0 Å². The molecule has 0 fully saturated rings. The third kappa shape index (κ3) is 32.8. The van der Waals surface area contributed by atoms with Crippen LogP contribution in [0.3, 0.4) is 0 Å². The first-order valence-electron chi connectivity index (χ1n) is 18.6. The first-order valence-corrected chi connectivity index (χ1v) is 20.4. The number of carbonyl (C=O) groups excluding carboxylic acids is 2. The van der Waals surface area contributed by atoms with Crippen LogP contribution in [0, 0.1) is 0 Å². The third-order valence-electron chi connectivity index (χ3n) is 8.21. The molecule has 1 N–H and O–H groups in total. The minimum atomic E-state index is -3.87. The Morgan fingerprint density at radius 2 is 0.978 bits per heavy atom. The van der Waals surface area contributed by atoms with Crippen molar-refractivity contribution in [2.45, 2.75) is 174 Å². The zero-order valence-corrected chi connectivity index (χ0v) is 31.1. The number of ether oxygens (including phenoxy) is 2. The molecule has 268 valence electrons. The van der Waals surface area contributed by atoms with Gasteiger partial charge < -0.3 is 23.4 Å². The van der Waals surface area contributed by atoms with Gasteiger partial charge in [-0.3, -0.25) is 14.2 Å². The number of carbonyl (C=O) groups is 2. The quantitative estimate of drug-likeness (QED) is 0.0323. The van der Waals surface area contributed by atoms with Gasteiger partial charge in [-0.25, -0.2) is 0 Å². The molecule has 0 radical (unpaired) electrons. The minimum Gasteiger partial charge on any atom is -0.462 e. The smallest absolute Gasteiger partial charge is 0.333 e. The molecule has 2 atom stereocenters. The maximum absolute atomic E-state index is 12.6. The van der Waals surface area contributed by atoms with Crippen LogP contribution in [0.25, 0.3) is 0 Å². The fraction of sp³-hybridized carbons (Fsp3) is 0.944. The number of rotatable bonds is 33. The summed E-state index contributed by atoms with van der Waals surface area (Å²) in [6, 6.07) is 0. The van der Waals surface area contributed by atoms with E-state index in [4.69, 9.17) is 14.0 Å². The fourth-order valence-electron chi connectivity index (χ4n) is 5.18. The largest absolute Gasteiger partial charge is 0.462 e. The van der Waals surface area contributed by atoms with E-state index in [1.54, 1.807) is 0 Å². The van der Waals surface area contributed by atoms with Gasteiger partial charge in [0.25, 0.3) is 0 Å². The molecule has 0 bridgehead atoms. The second kappa shape index (κ2) is 29.2. The van der Waals surface area contributed by atoms with Crippen LogP contribution in [0.1, 0.15) is 168 Å². The average molecular weight is 663 g/mol. The van der Waals surface area contributed by atoms with Crippen molar-refractivity contribution in [2.24, 2.45) is 0 Å². The van der Waals surface area contributed by atoms with Crippen LogP contribution in [0.2, 0.25) is 0 Å². The summed E-state index contributed by atoms with van der Waals surface area (Å²) in [5.41, 5.74) is 0. The van der Waals surface area contributed by atoms with Crippen molar-refractivity contribution in [1.29, 1.82) is 0 Å². The molecular weight excluding hydrogens is 589 g/mol. The van der Waals surface area contributed by atoms with E-state index < -0.39 is 13.7 Å². The summed E-state index contributed by atoms with van der Waals surface area (Å²) in [5, 5.41) is 0. The third-order valence-corrected chi connectivity index (χ3v) is 9.53. The number of nitrogens with zero attached hydrogens (tertiary/aromatic N) is 1. The second-order valence-electron chi connectivity index (χ2n) is 14.0. The molecule has 0 aromatic heterocycles. The summed E-state index contributed by atoms with van der Waals surface area (Å²) in [5.74, 6) is -0.727. The standard InChI is InChI=1S/C36H72NO7P/c1-6-8-10-12-14-16-18-20-22-24-26-28-35(38)42-32-34(33-43-45(40,41)31-30-37(3,4)5)44-36(39)29-27-25-23-21-19-17-15-13-11-9-7-2/h34H,6-33H2,1-5H3/p+1/t34-/m1/s1. The summed E-state index contributed by atoms with van der Waals surface area (Å²) in [6.45, 7) is 4.49. The molecule has 1 unspecified atom stereocenters. The first kappa shape index (κ1) is 44.0. The van der Waals surface area contributed by atoms with E-state index in [0.717, 1.165) is 38.5 Å². The molecule has 0 aromatic carbocycles. The number of hydrogen-bond acceptors (Lipinski definition) is 6. The highest BCUT2D eigenvalue weighted by Crippen LogP contribution is 2.42. The summed E-state index contributed by atoms with van der Waals surface area (Å²) in [7, 11) is 1.95. The van der Waals surface area contributed by atoms with Gasteiger partial charge in [0, 0.05) is 12.8 Å². The number of hydrogen-bond donors (Lipinski definition) is 1. The Bertz CT molecular complexity index is 756. The summed E-state index contributed by atoms with van der Waals surface area (Å²) in [4.78, 5) is 35.3. The van der Waals surface area contributed by atoms with Crippen molar-refractivity contribution in [3.8, 4) is 0 Å². The van der Waals surface area contributed by atoms with E-state index in [1.165, 1.54) is 103 Å². The Hall–Kier alpha value is -0.950. The highest BCUT2D eigenvalue weighted by atomic mass is 31.2. The van der Waals surface area contributed by atoms with Gasteiger partial charge in [-0.1, -0.05) is 142 Å². The number of quaternary nitrogens is 1. The molecule has 8 nitrogen and oxygen atoms in total. The normalized spacial score (nSPS) is 13.8. The van der Waals surface area contributed by atoms with E-state index in [9.17, 15) is 19.0 Å². The highest BCUT2D eigenvalue weighted by Gasteiger charge is 2.27. The Kier molecular flexibility index (Phi) is 28.6. The van der Waals surface area contributed by atoms with E-state index >= 15 is 0 Å². The van der Waals surface area contributed by atoms with Gasteiger partial charge in [0.05, 0.1) is 40.5 Å². The summed E-state index contributed by atoms with van der Waals surface area (Å²) < 4.78 is 29.4. The lowest BCUT2D eigenvalue weighted by Gasteiger charge is -2.25. The lowest BCUT2D eigenvalue weighted by molar-refractivity contribution is -0.867. The zero-order valence-electron chi connectivity index (χ0n) is 30.2. The Labute approximate surface area is 277 Å². The van der Waals surface area contributed by atoms with Crippen LogP contribution >= 0.6 is 7.60 Å². The molecule has 45 heavy (non-hydrogen) atoms. The van der Waals surface area contributed by atoms with Gasteiger partial charge in [-0.05, 0) is 12.8 Å². The monoisotopic (exact) mass is 663 g/mol. The molecule has 0 aliphatic carbocycles. The van der Waals surface area contributed by atoms with Gasteiger partial charge in [0.15, 0.2) is 6.10 Å². The van der Waals surface area contributed by atoms with E-state index in [2.05, 4.69) is 13.8 Å². The highest BCUT2D eigenvalue weighted by molar-refractivity contribution is 7.52. The molecular formula is C36H73NO7P+. The molecule has 0 spiro atoms. The van der Waals surface area contributed by atoms with Crippen LogP contribution in [0.4, 0.5) is 0 Å². The maximum Gasteiger partial charge on any atom is 0.333 e. The van der Waals surface area contributed by atoms with Crippen LogP contribution < -0.4 is 0 Å². The molecule has 0 aliphatic rings. The Morgan fingerprint density at radius 1 is 0.600 bits per heavy atom. The van der Waals surface area contributed by atoms with Crippen molar-refractivity contribution in [3.63, 3.8) is 0 Å². The van der Waals surface area contributed by atoms with Gasteiger partial charge in [-0.15, -0.1) is 0 Å². The SMILES string of the molecule is CCCCCCCCCCCCCC(=O)OC[C@H](COP(=O)(O)CC[N+](C)(C)C)OC(=O)CCCCCCCCCCCCC. The lowest BCUT2D eigenvalue weighted by Crippen LogP contribution is -2.37. The topological polar surface area (TPSA) is 99.1 Å². The number of esters is 2. The number of unbranched alkanes of at least 4 members (excludes halogenated alkanes) is 20. The molecule has 0 heterocycles. The molecule has 0 rings (SSSR count). The average Bonchev–Trinajstić information content (AvgIpc) is 2.98. The zero-order chi connectivity index (χ0) is 33.7. The molecule has 0 aromatic rings. The van der Waals surface area contributed by atoms with Gasteiger partial charge in [0.2, 0.25) is 0 Å². The van der Waals surface area contributed by atoms with Crippen LogP contribution in [-0.2, 0) is 28.2 Å². The van der Waals surface area contributed by atoms with E-state index in [1.807, 2.05) is 21.1 Å². The first-order chi connectivity index (χ1) is 21.5. The molecule has 0 aliphatic heterocycles.